The lowest BCUT2D eigenvalue weighted by Crippen LogP contribution is -2.36. The Bertz CT molecular complexity index is 765. The van der Waals surface area contributed by atoms with Gasteiger partial charge >= 0.3 is 5.97 Å². The number of nitrogen functional groups attached to an aromatic ring is 1. The van der Waals surface area contributed by atoms with Crippen LogP contribution >= 0.6 is 11.8 Å². The molecule has 0 amide bonds. The maximum Gasteiger partial charge on any atom is 0.316 e. The second-order valence-electron chi connectivity index (χ2n) is 7.56. The monoisotopic (exact) mass is 389 g/mol. The summed E-state index contributed by atoms with van der Waals surface area (Å²) in [5.74, 6) is 8.07. The smallest absolute Gasteiger partial charge is 0.316 e. The topological polar surface area (TPSA) is 95.9 Å². The molecule has 8 heteroatoms. The average Bonchev–Trinajstić information content (AvgIpc) is 3.01. The number of nitrogens with two attached hydrogens (primary N) is 1. The van der Waals surface area contributed by atoms with Crippen molar-refractivity contribution < 1.29 is 9.53 Å². The molecule has 2 aromatic rings. The van der Waals surface area contributed by atoms with Crippen molar-refractivity contribution in [1.29, 1.82) is 0 Å². The Labute approximate surface area is 164 Å². The van der Waals surface area contributed by atoms with Gasteiger partial charge in [0.25, 0.3) is 0 Å². The van der Waals surface area contributed by atoms with Gasteiger partial charge in [-0.25, -0.2) is 4.68 Å². The molecular weight excluding hydrogens is 362 g/mol. The summed E-state index contributed by atoms with van der Waals surface area (Å²) in [5.41, 5.74) is 0.776. The van der Waals surface area contributed by atoms with Crippen molar-refractivity contribution in [2.24, 2.45) is 17.8 Å². The number of esters is 1. The van der Waals surface area contributed by atoms with E-state index in [1.54, 1.807) is 12.4 Å². The second kappa shape index (κ2) is 8.73. The highest BCUT2D eigenvalue weighted by atomic mass is 32.2. The van der Waals surface area contributed by atoms with Crippen molar-refractivity contribution >= 4 is 17.7 Å². The minimum absolute atomic E-state index is 0.00329. The third-order valence-corrected chi connectivity index (χ3v) is 6.06. The van der Waals surface area contributed by atoms with Crippen molar-refractivity contribution in [3.63, 3.8) is 0 Å². The predicted octanol–water partition coefficient (Wildman–Crippen LogP) is 3.15. The normalized spacial score (nSPS) is 22.7. The molecule has 0 spiro atoms. The van der Waals surface area contributed by atoms with Crippen LogP contribution < -0.4 is 5.84 Å². The third-order valence-electron chi connectivity index (χ3n) is 5.15. The van der Waals surface area contributed by atoms with E-state index in [9.17, 15) is 4.79 Å². The number of hydrogen-bond acceptors (Lipinski definition) is 7. The summed E-state index contributed by atoms with van der Waals surface area (Å²) in [6.07, 6.45) is 6.63. The lowest BCUT2D eigenvalue weighted by molar-refractivity contribution is -0.152. The number of carbonyl (C=O) groups is 1. The maximum absolute atomic E-state index is 12.4. The molecular formula is C19H27N5O2S. The average molecular weight is 390 g/mol. The first-order valence-electron chi connectivity index (χ1n) is 9.39. The molecule has 2 N–H and O–H groups in total. The summed E-state index contributed by atoms with van der Waals surface area (Å²) in [6.45, 7) is 6.63. The van der Waals surface area contributed by atoms with E-state index in [4.69, 9.17) is 10.6 Å². The second-order valence-corrected chi connectivity index (χ2v) is 8.50. The van der Waals surface area contributed by atoms with Crippen LogP contribution in [-0.4, -0.2) is 37.7 Å². The van der Waals surface area contributed by atoms with Gasteiger partial charge in [0.15, 0.2) is 5.82 Å². The largest absolute Gasteiger partial charge is 0.461 e. The number of hydrogen-bond donors (Lipinski definition) is 1. The van der Waals surface area contributed by atoms with E-state index in [1.165, 1.54) is 22.9 Å². The Kier molecular flexibility index (Phi) is 6.36. The van der Waals surface area contributed by atoms with Crippen LogP contribution in [-0.2, 0) is 9.53 Å². The van der Waals surface area contributed by atoms with Crippen LogP contribution in [0.4, 0.5) is 0 Å². The molecule has 27 heavy (non-hydrogen) atoms. The van der Waals surface area contributed by atoms with Crippen LogP contribution in [0.15, 0.2) is 29.7 Å². The van der Waals surface area contributed by atoms with Gasteiger partial charge in [0, 0.05) is 18.0 Å². The third kappa shape index (κ3) is 4.80. The number of pyridine rings is 1. The van der Waals surface area contributed by atoms with Crippen LogP contribution in [0.25, 0.3) is 11.4 Å². The van der Waals surface area contributed by atoms with E-state index in [-0.39, 0.29) is 17.8 Å². The van der Waals surface area contributed by atoms with E-state index in [2.05, 4.69) is 36.0 Å². The molecule has 3 atom stereocenters. The standard InChI is InChI=1S/C19H27N5O2S/c1-12(2)15-7-6-13(3)9-16(15)26-17(25)11-27-19-23-22-18(24(19)20)14-5-4-8-21-10-14/h4-5,8,10,12-13,15-16H,6-7,9,11,20H2,1-3H3/t13-,15+,16-/m0/s1. The highest BCUT2D eigenvalue weighted by Crippen LogP contribution is 2.35. The van der Waals surface area contributed by atoms with E-state index in [1.807, 2.05) is 12.1 Å². The molecule has 0 aliphatic heterocycles. The Hall–Kier alpha value is -2.09. The maximum atomic E-state index is 12.4. The summed E-state index contributed by atoms with van der Waals surface area (Å²) >= 11 is 1.24. The van der Waals surface area contributed by atoms with Gasteiger partial charge < -0.3 is 10.6 Å². The van der Waals surface area contributed by atoms with E-state index >= 15 is 0 Å². The predicted molar refractivity (Wildman–Crippen MR) is 105 cm³/mol. The summed E-state index contributed by atoms with van der Waals surface area (Å²) in [6, 6.07) is 3.67. The van der Waals surface area contributed by atoms with Gasteiger partial charge in [0.2, 0.25) is 5.16 Å². The zero-order valence-electron chi connectivity index (χ0n) is 16.0. The quantitative estimate of drug-likeness (QED) is 0.460. The van der Waals surface area contributed by atoms with Gasteiger partial charge in [-0.3, -0.25) is 9.78 Å². The van der Waals surface area contributed by atoms with Crippen LogP contribution in [0.5, 0.6) is 0 Å². The Morgan fingerprint density at radius 3 is 2.93 bits per heavy atom. The molecule has 0 saturated heterocycles. The summed E-state index contributed by atoms with van der Waals surface area (Å²) in [7, 11) is 0. The van der Waals surface area contributed by atoms with E-state index in [0.717, 1.165) is 18.4 Å². The van der Waals surface area contributed by atoms with Gasteiger partial charge in [-0.15, -0.1) is 10.2 Å². The fourth-order valence-electron chi connectivity index (χ4n) is 3.64. The fourth-order valence-corrected chi connectivity index (χ4v) is 4.28. The molecule has 2 aromatic heterocycles. The first kappa shape index (κ1) is 19.7. The molecule has 1 fully saturated rings. The molecule has 7 nitrogen and oxygen atoms in total. The Morgan fingerprint density at radius 1 is 1.41 bits per heavy atom. The molecule has 1 aliphatic rings. The van der Waals surface area contributed by atoms with Crippen molar-refractivity contribution in [3.05, 3.63) is 24.5 Å². The number of aromatic nitrogens is 4. The molecule has 0 unspecified atom stereocenters. The Morgan fingerprint density at radius 2 is 2.22 bits per heavy atom. The first-order valence-corrected chi connectivity index (χ1v) is 10.4. The molecule has 1 saturated carbocycles. The minimum Gasteiger partial charge on any atom is -0.461 e. The van der Waals surface area contributed by atoms with Crippen LogP contribution in [0.3, 0.4) is 0 Å². The SMILES string of the molecule is CC(C)[C@H]1CC[C@H](C)C[C@@H]1OC(=O)CSc1nnc(-c2cccnc2)n1N. The lowest BCUT2D eigenvalue weighted by atomic mass is 9.75. The van der Waals surface area contributed by atoms with Crippen molar-refractivity contribution in [1.82, 2.24) is 19.9 Å². The number of thioether (sulfide) groups is 1. The number of nitrogens with zero attached hydrogens (tertiary/aromatic N) is 4. The van der Waals surface area contributed by atoms with Gasteiger partial charge in [-0.2, -0.15) is 0 Å². The fraction of sp³-hybridized carbons (Fsp3) is 0.579. The zero-order valence-corrected chi connectivity index (χ0v) is 16.9. The van der Waals surface area contributed by atoms with Crippen LogP contribution in [0.2, 0.25) is 0 Å². The highest BCUT2D eigenvalue weighted by molar-refractivity contribution is 7.99. The molecule has 3 rings (SSSR count). The lowest BCUT2D eigenvalue weighted by Gasteiger charge is -2.36. The Balaban J connectivity index is 1.58. The molecule has 1 aliphatic carbocycles. The number of rotatable bonds is 6. The summed E-state index contributed by atoms with van der Waals surface area (Å²) < 4.78 is 7.20. The van der Waals surface area contributed by atoms with E-state index in [0.29, 0.717) is 28.7 Å². The summed E-state index contributed by atoms with van der Waals surface area (Å²) in [5, 5.41) is 8.66. The van der Waals surface area contributed by atoms with Crippen LogP contribution in [0, 0.1) is 17.8 Å². The molecule has 0 radical (unpaired) electrons. The number of ether oxygens (including phenoxy) is 1. The molecule has 0 aromatic carbocycles. The minimum atomic E-state index is -0.226. The molecule has 0 bridgehead atoms. The van der Waals surface area contributed by atoms with E-state index < -0.39 is 0 Å². The molecule has 2 heterocycles. The van der Waals surface area contributed by atoms with Gasteiger partial charge in [0.1, 0.15) is 6.10 Å². The van der Waals surface area contributed by atoms with Crippen LogP contribution in [0.1, 0.15) is 40.0 Å². The summed E-state index contributed by atoms with van der Waals surface area (Å²) in [4.78, 5) is 16.5. The molecule has 146 valence electrons. The van der Waals surface area contributed by atoms with Gasteiger partial charge in [-0.1, -0.05) is 39.0 Å². The van der Waals surface area contributed by atoms with Crippen molar-refractivity contribution in [2.45, 2.75) is 51.3 Å². The highest BCUT2D eigenvalue weighted by Gasteiger charge is 2.33. The van der Waals surface area contributed by atoms with Crippen molar-refractivity contribution in [2.75, 3.05) is 11.6 Å². The first-order chi connectivity index (χ1) is 13.0. The zero-order chi connectivity index (χ0) is 19.4. The van der Waals surface area contributed by atoms with Gasteiger partial charge in [0.05, 0.1) is 5.75 Å². The van der Waals surface area contributed by atoms with Gasteiger partial charge in [-0.05, 0) is 42.7 Å². The number of carbonyl (C=O) groups excluding carboxylic acids is 1. The van der Waals surface area contributed by atoms with Crippen molar-refractivity contribution in [3.8, 4) is 11.4 Å².